The molecule has 3 aliphatic rings. The van der Waals surface area contributed by atoms with Gasteiger partial charge in [-0.1, -0.05) is 23.2 Å². The molecule has 6 rings (SSSR count). The van der Waals surface area contributed by atoms with Crippen molar-refractivity contribution in [3.05, 3.63) is 62.2 Å². The third kappa shape index (κ3) is 8.18. The summed E-state index contributed by atoms with van der Waals surface area (Å²) in [4.78, 5) is 57.3. The Labute approximate surface area is 323 Å². The van der Waals surface area contributed by atoms with Gasteiger partial charge in [-0.05, 0) is 41.7 Å². The average molecular weight is 789 g/mol. The number of hydrogen-bond acceptors (Lipinski definition) is 11. The molecule has 1 aromatic carbocycles. The highest BCUT2D eigenvalue weighted by molar-refractivity contribution is 6.42. The summed E-state index contributed by atoms with van der Waals surface area (Å²) in [5.74, 6) is 1.18. The molecule has 2 saturated heterocycles. The molecule has 3 aliphatic heterocycles. The van der Waals surface area contributed by atoms with Gasteiger partial charge >= 0.3 is 11.8 Å². The first-order valence-corrected chi connectivity index (χ1v) is 18.4. The van der Waals surface area contributed by atoms with Crippen molar-refractivity contribution in [2.24, 2.45) is 7.05 Å². The number of anilines is 3. The second kappa shape index (κ2) is 16.3. The van der Waals surface area contributed by atoms with Crippen LogP contribution in [-0.4, -0.2) is 119 Å². The lowest BCUT2D eigenvalue weighted by atomic mass is 10.0. The highest BCUT2D eigenvalue weighted by Gasteiger charge is 2.41. The van der Waals surface area contributed by atoms with Crippen LogP contribution in [0.4, 0.5) is 28.1 Å². The van der Waals surface area contributed by atoms with Crippen LogP contribution < -0.4 is 24.6 Å². The van der Waals surface area contributed by atoms with E-state index in [1.54, 1.807) is 45.8 Å². The number of rotatable bonds is 12. The molecule has 1 N–H and O–H groups in total. The van der Waals surface area contributed by atoms with Gasteiger partial charge in [0.2, 0.25) is 18.2 Å². The minimum Gasteiger partial charge on any atom is -0.495 e. The molecule has 17 nitrogen and oxygen atoms in total. The lowest BCUT2D eigenvalue weighted by molar-refractivity contribution is -0.898. The summed E-state index contributed by atoms with van der Waals surface area (Å²) < 4.78 is 18.5. The van der Waals surface area contributed by atoms with Gasteiger partial charge in [0.25, 0.3) is 0 Å². The Balaban J connectivity index is 1.20. The number of carbonyl (C=O) groups is 2. The van der Waals surface area contributed by atoms with E-state index in [0.29, 0.717) is 91.2 Å². The van der Waals surface area contributed by atoms with Gasteiger partial charge in [-0.2, -0.15) is 4.98 Å². The summed E-state index contributed by atoms with van der Waals surface area (Å²) >= 11 is 13.6. The number of ether oxygens (including phenoxy) is 3. The van der Waals surface area contributed by atoms with Gasteiger partial charge in [0, 0.05) is 69.3 Å². The number of methoxy groups -OCH3 is 2. The fourth-order valence-electron chi connectivity index (χ4n) is 7.02. The molecule has 0 bridgehead atoms. The lowest BCUT2D eigenvalue weighted by Crippen LogP contribution is -2.55. The molecule has 19 heteroatoms. The van der Waals surface area contributed by atoms with Crippen molar-refractivity contribution >= 4 is 58.4 Å². The number of amides is 3. The van der Waals surface area contributed by atoms with Gasteiger partial charge in [0.15, 0.2) is 5.69 Å². The van der Waals surface area contributed by atoms with Gasteiger partial charge in [-0.3, -0.25) is 14.6 Å². The van der Waals surface area contributed by atoms with Crippen LogP contribution in [0.3, 0.4) is 0 Å². The number of hydrogen-bond donors (Lipinski definition) is 1. The van der Waals surface area contributed by atoms with Crippen molar-refractivity contribution in [1.29, 1.82) is 0 Å². The van der Waals surface area contributed by atoms with Gasteiger partial charge < -0.3 is 43.6 Å². The number of likely N-dealkylation sites (tertiary alicyclic amines) is 1. The molecule has 3 aromatic rings. The molecular weight excluding hydrogens is 743 g/mol. The fourth-order valence-corrected chi connectivity index (χ4v) is 7.73. The summed E-state index contributed by atoms with van der Waals surface area (Å²) in [6, 6.07) is 1.02. The number of likely N-dealkylation sites (N-methyl/N-ethyl adjacent to an activating group) is 1. The van der Waals surface area contributed by atoms with Crippen LogP contribution in [0.15, 0.2) is 30.7 Å². The minimum absolute atomic E-state index is 0.100. The Kier molecular flexibility index (Phi) is 11.8. The summed E-state index contributed by atoms with van der Waals surface area (Å²) in [5, 5.41) is 15.2. The van der Waals surface area contributed by atoms with Gasteiger partial charge in [-0.15, -0.1) is 0 Å². The molecule has 0 aliphatic carbocycles. The van der Waals surface area contributed by atoms with Crippen molar-refractivity contribution in [2.45, 2.75) is 50.9 Å². The van der Waals surface area contributed by atoms with E-state index in [0.717, 1.165) is 12.8 Å². The summed E-state index contributed by atoms with van der Waals surface area (Å²) in [5.41, 5.74) is 1.45. The quantitative estimate of drug-likeness (QED) is 0.116. The van der Waals surface area contributed by atoms with Crippen LogP contribution in [-0.2, 0) is 29.7 Å². The Morgan fingerprint density at radius 1 is 1.11 bits per heavy atom. The predicted molar refractivity (Wildman–Crippen MR) is 202 cm³/mol. The van der Waals surface area contributed by atoms with E-state index in [1.807, 2.05) is 14.1 Å². The monoisotopic (exact) mass is 787 g/mol. The Morgan fingerprint density at radius 3 is 2.41 bits per heavy atom. The Hall–Kier alpha value is -4.71. The maximum Gasteiger partial charge on any atom is 0.390 e. The molecule has 0 spiro atoms. The molecule has 290 valence electrons. The molecule has 3 amide bonds. The number of carbonyl (C=O) groups excluding carboxylic acids is 2. The number of aryl methyl sites for hydroxylation is 1. The van der Waals surface area contributed by atoms with Crippen LogP contribution in [0.1, 0.15) is 36.9 Å². The van der Waals surface area contributed by atoms with Crippen LogP contribution in [0.25, 0.3) is 0 Å². The van der Waals surface area contributed by atoms with Crippen molar-refractivity contribution in [1.82, 2.24) is 24.4 Å². The van der Waals surface area contributed by atoms with Crippen molar-refractivity contribution in [2.75, 3.05) is 76.3 Å². The maximum absolute atomic E-state index is 14.7. The largest absolute Gasteiger partial charge is 0.495 e. The van der Waals surface area contributed by atoms with Gasteiger partial charge in [0.05, 0.1) is 47.1 Å². The molecule has 5 heterocycles. The Morgan fingerprint density at radius 2 is 1.78 bits per heavy atom. The molecule has 0 radical (unpaired) electrons. The number of piperidine rings is 1. The van der Waals surface area contributed by atoms with E-state index in [4.69, 9.17) is 42.4 Å². The van der Waals surface area contributed by atoms with E-state index in [1.165, 1.54) is 25.4 Å². The SMILES string of the molecule is COc1cc(OC)c(Cl)c(N2Cc3cnc(NC4CCOCC4)nc3N(C3CCN(C(=O)/C=C/C[N+](C)(C)Cc4c([N+](=O)[O-])ncn4C)CC3)C2=O)c1Cl. The smallest absolute Gasteiger partial charge is 0.390 e. The topological polar surface area (TPSA) is 170 Å². The number of urea groups is 1. The first-order valence-electron chi connectivity index (χ1n) is 17.6. The van der Waals surface area contributed by atoms with Crippen LogP contribution in [0.2, 0.25) is 10.0 Å². The molecule has 2 aromatic heterocycles. The molecule has 54 heavy (non-hydrogen) atoms. The fraction of sp³-hybridized carbons (Fsp3) is 0.514. The third-order valence-electron chi connectivity index (χ3n) is 10.00. The number of nitrogens with zero attached hydrogens (tertiary/aromatic N) is 9. The minimum atomic E-state index is -0.484. The number of nitrogens with one attached hydrogen (secondary N) is 1. The van der Waals surface area contributed by atoms with Crippen molar-refractivity contribution in [3.63, 3.8) is 0 Å². The van der Waals surface area contributed by atoms with Crippen LogP contribution in [0.5, 0.6) is 11.5 Å². The molecule has 0 saturated carbocycles. The van der Waals surface area contributed by atoms with E-state index in [9.17, 15) is 19.7 Å². The normalized spacial score (nSPS) is 17.2. The number of halogens is 2. The predicted octanol–water partition coefficient (Wildman–Crippen LogP) is 4.80. The zero-order valence-electron chi connectivity index (χ0n) is 31.0. The number of quaternary nitrogens is 1. The molecule has 0 unspecified atom stereocenters. The molecule has 0 atom stereocenters. The second-order valence-corrected chi connectivity index (χ2v) is 14.9. The van der Waals surface area contributed by atoms with E-state index >= 15 is 0 Å². The molecule has 2 fully saturated rings. The lowest BCUT2D eigenvalue weighted by Gasteiger charge is -2.43. The molecular formula is C35H45Cl2N10O7+. The van der Waals surface area contributed by atoms with E-state index < -0.39 is 4.92 Å². The average Bonchev–Trinajstić information content (AvgIpc) is 3.51. The second-order valence-electron chi connectivity index (χ2n) is 14.2. The number of nitro groups is 1. The zero-order valence-corrected chi connectivity index (χ0v) is 32.5. The number of benzene rings is 1. The highest BCUT2D eigenvalue weighted by atomic mass is 35.5. The van der Waals surface area contributed by atoms with Gasteiger partial charge in [-0.25, -0.2) is 9.78 Å². The third-order valence-corrected chi connectivity index (χ3v) is 10.7. The highest BCUT2D eigenvalue weighted by Crippen LogP contribution is 2.48. The summed E-state index contributed by atoms with van der Waals surface area (Å²) in [7, 11) is 8.54. The first kappa shape index (κ1) is 39.0. The van der Waals surface area contributed by atoms with Crippen molar-refractivity contribution in [3.8, 4) is 11.5 Å². The first-order chi connectivity index (χ1) is 25.8. The number of imidazole rings is 1. The van der Waals surface area contributed by atoms with Crippen molar-refractivity contribution < 1.29 is 33.2 Å². The Bertz CT molecular complexity index is 1900. The maximum atomic E-state index is 14.7. The van der Waals surface area contributed by atoms with E-state index in [2.05, 4.69) is 15.3 Å². The summed E-state index contributed by atoms with van der Waals surface area (Å²) in [6.07, 6.45) is 9.08. The van der Waals surface area contributed by atoms with Crippen LogP contribution >= 0.6 is 23.2 Å². The standard InChI is InChI=1S/C35H45Cl2N10O7/c1-42-21-39-33(46(50)51)25(42)20-47(2,3)14-6-7-28(48)43-12-8-24(9-13-43)45-32-22(18-38-34(41-32)40-23-10-15-54-16-11-23)19-44(35(45)49)31-29(36)26(52-4)17-27(53-5)30(31)37/h6-7,17-18,21,23-24H,8-16,19-20H2,1-5H3,(H,38,40,41)/q+1/b7-6+. The van der Waals surface area contributed by atoms with Gasteiger partial charge in [0.1, 0.15) is 33.9 Å². The van der Waals surface area contributed by atoms with E-state index in [-0.39, 0.29) is 52.1 Å². The number of aromatic nitrogens is 4. The number of fused-ring (bicyclic) bond motifs is 1. The summed E-state index contributed by atoms with van der Waals surface area (Å²) in [6.45, 7) is 3.01. The van der Waals surface area contributed by atoms with Crippen LogP contribution in [0, 0.1) is 10.1 Å². The zero-order chi connectivity index (χ0) is 38.7.